The molecule has 1 aromatic heterocycles. The van der Waals surface area contributed by atoms with Crippen LogP contribution in [0.3, 0.4) is 0 Å². The Morgan fingerprint density at radius 2 is 2.20 bits per heavy atom. The topological polar surface area (TPSA) is 28.2 Å². The van der Waals surface area contributed by atoms with E-state index in [0.717, 1.165) is 38.5 Å². The second-order valence-corrected chi connectivity index (χ2v) is 5.24. The molecule has 0 saturated carbocycles. The van der Waals surface area contributed by atoms with Crippen molar-refractivity contribution in [2.45, 2.75) is 25.9 Å². The zero-order valence-electron chi connectivity index (χ0n) is 11.6. The molecule has 2 heterocycles. The van der Waals surface area contributed by atoms with E-state index in [-0.39, 0.29) is 0 Å². The molecule has 2 rings (SSSR count). The first kappa shape index (κ1) is 15.1. The van der Waals surface area contributed by atoms with Crippen molar-refractivity contribution in [1.29, 1.82) is 0 Å². The molecule has 1 unspecified atom stereocenters. The predicted molar refractivity (Wildman–Crippen MR) is 72.6 cm³/mol. The Bertz CT molecular complexity index is 434. The summed E-state index contributed by atoms with van der Waals surface area (Å²) in [6, 6.07) is 3.95. The van der Waals surface area contributed by atoms with E-state index in [2.05, 4.69) is 22.1 Å². The van der Waals surface area contributed by atoms with Crippen molar-refractivity contribution in [3.8, 4) is 0 Å². The van der Waals surface area contributed by atoms with Crippen LogP contribution < -0.4 is 5.32 Å². The number of pyridine rings is 1. The fourth-order valence-corrected chi connectivity index (χ4v) is 2.54. The van der Waals surface area contributed by atoms with Crippen molar-refractivity contribution in [3.63, 3.8) is 0 Å². The van der Waals surface area contributed by atoms with Gasteiger partial charge in [-0.3, -0.25) is 0 Å². The molecule has 0 aliphatic carbocycles. The van der Waals surface area contributed by atoms with Gasteiger partial charge in [0, 0.05) is 13.1 Å². The van der Waals surface area contributed by atoms with Crippen molar-refractivity contribution in [2.24, 2.45) is 5.92 Å². The van der Waals surface area contributed by atoms with Gasteiger partial charge in [-0.1, -0.05) is 13.0 Å². The minimum atomic E-state index is -4.39. The molecule has 0 radical (unpaired) electrons. The molecule has 112 valence electrons. The highest BCUT2D eigenvalue weighted by Crippen LogP contribution is 2.28. The quantitative estimate of drug-likeness (QED) is 0.901. The zero-order valence-corrected chi connectivity index (χ0v) is 11.6. The van der Waals surface area contributed by atoms with E-state index < -0.39 is 11.9 Å². The molecule has 0 bridgehead atoms. The largest absolute Gasteiger partial charge is 0.433 e. The molecular formula is C14H20F3N3. The summed E-state index contributed by atoms with van der Waals surface area (Å²) in [5, 5.41) is 3.02. The normalized spacial score (nSPS) is 20.3. The van der Waals surface area contributed by atoms with E-state index >= 15 is 0 Å². The third-order valence-corrected chi connectivity index (χ3v) is 3.52. The number of likely N-dealkylation sites (tertiary alicyclic amines) is 1. The highest BCUT2D eigenvalue weighted by atomic mass is 19.4. The number of anilines is 1. The second kappa shape index (κ2) is 6.43. The molecule has 1 aliphatic rings. The molecule has 1 aromatic rings. The van der Waals surface area contributed by atoms with Gasteiger partial charge in [0.1, 0.15) is 11.5 Å². The lowest BCUT2D eigenvalue weighted by atomic mass is 10.1. The van der Waals surface area contributed by atoms with E-state index in [0.29, 0.717) is 18.3 Å². The van der Waals surface area contributed by atoms with Crippen LogP contribution in [-0.4, -0.2) is 36.1 Å². The van der Waals surface area contributed by atoms with Gasteiger partial charge in [0.2, 0.25) is 0 Å². The van der Waals surface area contributed by atoms with E-state index in [1.54, 1.807) is 6.07 Å². The van der Waals surface area contributed by atoms with Crippen LogP contribution >= 0.6 is 0 Å². The summed E-state index contributed by atoms with van der Waals surface area (Å²) in [5.74, 6) is 0.784. The Morgan fingerprint density at radius 1 is 1.40 bits per heavy atom. The van der Waals surface area contributed by atoms with Crippen LogP contribution in [0.2, 0.25) is 0 Å². The summed E-state index contributed by atoms with van der Waals surface area (Å²) < 4.78 is 37.6. The molecule has 20 heavy (non-hydrogen) atoms. The SMILES string of the molecule is CCCN1CCC(CNc2cccc(C(F)(F)F)n2)C1. The average Bonchev–Trinajstić information content (AvgIpc) is 2.84. The van der Waals surface area contributed by atoms with Gasteiger partial charge in [-0.15, -0.1) is 0 Å². The number of hydrogen-bond acceptors (Lipinski definition) is 3. The summed E-state index contributed by atoms with van der Waals surface area (Å²) in [6.45, 7) is 6.01. The van der Waals surface area contributed by atoms with Gasteiger partial charge in [-0.2, -0.15) is 13.2 Å². The summed E-state index contributed by atoms with van der Waals surface area (Å²) in [5.41, 5.74) is -0.846. The van der Waals surface area contributed by atoms with E-state index in [1.807, 2.05) is 0 Å². The highest BCUT2D eigenvalue weighted by Gasteiger charge is 2.32. The fourth-order valence-electron chi connectivity index (χ4n) is 2.54. The van der Waals surface area contributed by atoms with Gasteiger partial charge in [-0.25, -0.2) is 4.98 Å². The Hall–Kier alpha value is -1.30. The van der Waals surface area contributed by atoms with Gasteiger partial charge in [0.05, 0.1) is 0 Å². The number of hydrogen-bond donors (Lipinski definition) is 1. The van der Waals surface area contributed by atoms with E-state index in [1.165, 1.54) is 6.07 Å². The molecule has 0 spiro atoms. The lowest BCUT2D eigenvalue weighted by Gasteiger charge is -2.15. The highest BCUT2D eigenvalue weighted by molar-refractivity contribution is 5.36. The number of halogens is 3. The molecular weight excluding hydrogens is 267 g/mol. The van der Waals surface area contributed by atoms with Crippen LogP contribution in [0.1, 0.15) is 25.5 Å². The molecule has 1 atom stereocenters. The first-order valence-electron chi connectivity index (χ1n) is 6.99. The second-order valence-electron chi connectivity index (χ2n) is 5.24. The zero-order chi connectivity index (χ0) is 14.6. The van der Waals surface area contributed by atoms with E-state index in [9.17, 15) is 13.2 Å². The van der Waals surface area contributed by atoms with Crippen molar-refractivity contribution in [3.05, 3.63) is 23.9 Å². The molecule has 6 heteroatoms. The van der Waals surface area contributed by atoms with Crippen LogP contribution in [0.4, 0.5) is 19.0 Å². The van der Waals surface area contributed by atoms with E-state index in [4.69, 9.17) is 0 Å². The first-order valence-corrected chi connectivity index (χ1v) is 6.99. The third kappa shape index (κ3) is 4.10. The van der Waals surface area contributed by atoms with Gasteiger partial charge in [0.15, 0.2) is 0 Å². The monoisotopic (exact) mass is 287 g/mol. The first-order chi connectivity index (χ1) is 9.49. The molecule has 0 amide bonds. The van der Waals surface area contributed by atoms with Gasteiger partial charge in [-0.05, 0) is 44.0 Å². The Labute approximate surface area is 117 Å². The van der Waals surface area contributed by atoms with Crippen LogP contribution in [0.15, 0.2) is 18.2 Å². The Morgan fingerprint density at radius 3 is 2.90 bits per heavy atom. The maximum atomic E-state index is 12.5. The molecule has 1 saturated heterocycles. The average molecular weight is 287 g/mol. The van der Waals surface area contributed by atoms with Crippen LogP contribution in [-0.2, 0) is 6.18 Å². The Balaban J connectivity index is 1.86. The number of nitrogens with zero attached hydrogens (tertiary/aromatic N) is 2. The lowest BCUT2D eigenvalue weighted by molar-refractivity contribution is -0.141. The minimum Gasteiger partial charge on any atom is -0.370 e. The van der Waals surface area contributed by atoms with Crippen LogP contribution in [0.25, 0.3) is 0 Å². The van der Waals surface area contributed by atoms with Gasteiger partial charge in [0.25, 0.3) is 0 Å². The summed E-state index contributed by atoms with van der Waals surface area (Å²) in [6.07, 6.45) is -2.16. The lowest BCUT2D eigenvalue weighted by Crippen LogP contribution is -2.23. The van der Waals surface area contributed by atoms with Gasteiger partial charge < -0.3 is 10.2 Å². The smallest absolute Gasteiger partial charge is 0.370 e. The number of rotatable bonds is 5. The van der Waals surface area contributed by atoms with Crippen LogP contribution in [0.5, 0.6) is 0 Å². The maximum Gasteiger partial charge on any atom is 0.433 e. The summed E-state index contributed by atoms with van der Waals surface area (Å²) in [7, 11) is 0. The Kier molecular flexibility index (Phi) is 4.86. The molecule has 1 N–H and O–H groups in total. The summed E-state index contributed by atoms with van der Waals surface area (Å²) in [4.78, 5) is 6.01. The number of nitrogens with one attached hydrogen (secondary N) is 1. The third-order valence-electron chi connectivity index (χ3n) is 3.52. The van der Waals surface area contributed by atoms with Crippen molar-refractivity contribution >= 4 is 5.82 Å². The molecule has 3 nitrogen and oxygen atoms in total. The molecule has 1 fully saturated rings. The molecule has 1 aliphatic heterocycles. The predicted octanol–water partition coefficient (Wildman–Crippen LogP) is 3.24. The fraction of sp³-hybridized carbons (Fsp3) is 0.643. The molecule has 0 aromatic carbocycles. The number of aromatic nitrogens is 1. The van der Waals surface area contributed by atoms with Crippen molar-refractivity contribution in [1.82, 2.24) is 9.88 Å². The van der Waals surface area contributed by atoms with Gasteiger partial charge >= 0.3 is 6.18 Å². The van der Waals surface area contributed by atoms with Crippen LogP contribution in [0, 0.1) is 5.92 Å². The minimum absolute atomic E-state index is 0.300. The number of alkyl halides is 3. The van der Waals surface area contributed by atoms with Crippen molar-refractivity contribution in [2.75, 3.05) is 31.5 Å². The maximum absolute atomic E-state index is 12.5. The van der Waals surface area contributed by atoms with Crippen molar-refractivity contribution < 1.29 is 13.2 Å². The summed E-state index contributed by atoms with van der Waals surface area (Å²) >= 11 is 0. The standard InChI is InChI=1S/C14H20F3N3/c1-2-7-20-8-6-11(10-20)9-18-13-5-3-4-12(19-13)14(15,16)17/h3-5,11H,2,6-10H2,1H3,(H,18,19).